The first-order valence-electron chi connectivity index (χ1n) is 13.1. The van der Waals surface area contributed by atoms with Crippen molar-refractivity contribution in [1.29, 1.82) is 0 Å². The summed E-state index contributed by atoms with van der Waals surface area (Å²) in [5.41, 5.74) is 18.1. The molecule has 14 nitrogen and oxygen atoms in total. The van der Waals surface area contributed by atoms with Gasteiger partial charge in [0, 0.05) is 31.3 Å². The molecular formula is C26H39N9O5S. The second kappa shape index (κ2) is 17.6. The van der Waals surface area contributed by atoms with Crippen molar-refractivity contribution in [2.75, 3.05) is 18.6 Å². The molecule has 2 rings (SSSR count). The van der Waals surface area contributed by atoms with Crippen molar-refractivity contribution < 1.29 is 24.3 Å². The third-order valence-electron chi connectivity index (χ3n) is 6.05. The molecular weight excluding hydrogens is 550 g/mol. The number of carboxylic acids is 1. The Morgan fingerprint density at radius 1 is 0.976 bits per heavy atom. The number of nitrogens with two attached hydrogens (primary N) is 3. The van der Waals surface area contributed by atoms with Gasteiger partial charge in [0.15, 0.2) is 5.96 Å². The molecule has 15 heteroatoms. The lowest BCUT2D eigenvalue weighted by Gasteiger charge is -2.25. The molecule has 1 aromatic heterocycles. The third kappa shape index (κ3) is 12.3. The molecule has 0 saturated carbocycles. The van der Waals surface area contributed by atoms with Crippen molar-refractivity contribution in [1.82, 2.24) is 25.9 Å². The van der Waals surface area contributed by atoms with E-state index in [9.17, 15) is 24.3 Å². The number of aliphatic imine (C=N–C) groups is 1. The predicted molar refractivity (Wildman–Crippen MR) is 157 cm³/mol. The number of carbonyl (C=O) groups excluding carboxylic acids is 3. The lowest BCUT2D eigenvalue weighted by molar-refractivity contribution is -0.142. The molecule has 0 aliphatic heterocycles. The molecule has 0 spiro atoms. The summed E-state index contributed by atoms with van der Waals surface area (Å²) in [5, 5.41) is 17.6. The lowest BCUT2D eigenvalue weighted by atomic mass is 10.0. The van der Waals surface area contributed by atoms with Gasteiger partial charge in [0.1, 0.15) is 18.1 Å². The van der Waals surface area contributed by atoms with E-state index in [1.165, 1.54) is 18.1 Å². The Hall–Kier alpha value is -4.11. The van der Waals surface area contributed by atoms with Gasteiger partial charge in [-0.05, 0) is 36.8 Å². The molecule has 4 atom stereocenters. The highest BCUT2D eigenvalue weighted by atomic mass is 32.2. The number of hydrogen-bond acceptors (Lipinski definition) is 8. The predicted octanol–water partition coefficient (Wildman–Crippen LogP) is -1.13. The minimum absolute atomic E-state index is 0.0739. The highest BCUT2D eigenvalue weighted by molar-refractivity contribution is 7.98. The quantitative estimate of drug-likeness (QED) is 0.0590. The fourth-order valence-corrected chi connectivity index (χ4v) is 4.35. The van der Waals surface area contributed by atoms with Gasteiger partial charge in [-0.2, -0.15) is 11.8 Å². The number of nitrogens with one attached hydrogen (secondary N) is 4. The smallest absolute Gasteiger partial charge is 0.326 e. The van der Waals surface area contributed by atoms with Crippen molar-refractivity contribution >= 4 is 41.4 Å². The van der Waals surface area contributed by atoms with Crippen LogP contribution in [0.15, 0.2) is 47.8 Å². The van der Waals surface area contributed by atoms with E-state index in [0.29, 0.717) is 17.9 Å². The average Bonchev–Trinajstić information content (AvgIpc) is 3.45. The van der Waals surface area contributed by atoms with E-state index < -0.39 is 47.9 Å². The number of rotatable bonds is 18. The van der Waals surface area contributed by atoms with Crippen LogP contribution in [-0.4, -0.2) is 87.4 Å². The second-order valence-electron chi connectivity index (χ2n) is 9.33. The number of amides is 3. The average molecular weight is 590 g/mol. The third-order valence-corrected chi connectivity index (χ3v) is 6.69. The Morgan fingerprint density at radius 2 is 1.63 bits per heavy atom. The molecule has 1 heterocycles. The zero-order valence-electron chi connectivity index (χ0n) is 22.9. The van der Waals surface area contributed by atoms with E-state index in [1.807, 2.05) is 12.3 Å². The van der Waals surface area contributed by atoms with Crippen molar-refractivity contribution in [2.24, 2.45) is 22.2 Å². The zero-order valence-corrected chi connectivity index (χ0v) is 23.7. The number of H-pyrrole nitrogens is 1. The zero-order chi connectivity index (χ0) is 30.2. The van der Waals surface area contributed by atoms with Crippen molar-refractivity contribution in [3.05, 3.63) is 54.1 Å². The van der Waals surface area contributed by atoms with Crippen LogP contribution in [0.4, 0.5) is 0 Å². The molecule has 0 aliphatic carbocycles. The number of aromatic nitrogens is 2. The highest BCUT2D eigenvalue weighted by Crippen LogP contribution is 2.08. The van der Waals surface area contributed by atoms with Crippen LogP contribution in [0.1, 0.15) is 30.5 Å². The van der Waals surface area contributed by atoms with E-state index in [0.717, 1.165) is 5.56 Å². The summed E-state index contributed by atoms with van der Waals surface area (Å²) in [7, 11) is 0. The maximum Gasteiger partial charge on any atom is 0.326 e. The standard InChI is InChI=1S/C26H39N9O5S/c1-41-11-9-19(33-22(36)18(27)13-17-14-30-15-32-17)23(37)35-21(12-16-6-3-2-4-7-16)24(38)34-20(25(39)40)8-5-10-31-26(28)29/h2-4,6-7,14-15,18-21H,5,8-13,27H2,1H3,(H,30,32)(H,33,36)(H,34,38)(H,35,37)(H,39,40)(H4,28,29,31). The van der Waals surface area contributed by atoms with Gasteiger partial charge in [0.2, 0.25) is 17.7 Å². The number of thioether (sulfide) groups is 1. The van der Waals surface area contributed by atoms with Gasteiger partial charge in [0.05, 0.1) is 12.4 Å². The van der Waals surface area contributed by atoms with Crippen LogP contribution in [0.3, 0.4) is 0 Å². The topological polar surface area (TPSA) is 244 Å². The van der Waals surface area contributed by atoms with Gasteiger partial charge in [-0.25, -0.2) is 9.78 Å². The molecule has 0 fully saturated rings. The molecule has 0 bridgehead atoms. The molecule has 41 heavy (non-hydrogen) atoms. The highest BCUT2D eigenvalue weighted by Gasteiger charge is 2.30. The Labute approximate surface area is 242 Å². The van der Waals surface area contributed by atoms with Crippen LogP contribution in [0.25, 0.3) is 0 Å². The summed E-state index contributed by atoms with van der Waals surface area (Å²) in [6, 6.07) is 4.74. The maximum absolute atomic E-state index is 13.4. The number of carbonyl (C=O) groups is 4. The number of guanidine groups is 1. The number of hydrogen-bond donors (Lipinski definition) is 8. The van der Waals surface area contributed by atoms with E-state index >= 15 is 0 Å². The number of carboxylic acid groups (broad SMARTS) is 1. The SMILES string of the molecule is CSCCC(NC(=O)C(N)Cc1cnc[nH]1)C(=O)NC(Cc1ccccc1)C(=O)NC(CCCN=C(N)N)C(=O)O. The first-order chi connectivity index (χ1) is 19.6. The Balaban J connectivity index is 2.16. The molecule has 2 aromatic rings. The number of aromatic amines is 1. The monoisotopic (exact) mass is 589 g/mol. The number of aliphatic carboxylic acids is 1. The summed E-state index contributed by atoms with van der Waals surface area (Å²) in [6.45, 7) is 0.200. The summed E-state index contributed by atoms with van der Waals surface area (Å²) >= 11 is 1.49. The van der Waals surface area contributed by atoms with Crippen molar-refractivity contribution in [3.63, 3.8) is 0 Å². The Morgan fingerprint density at radius 3 is 2.24 bits per heavy atom. The van der Waals surface area contributed by atoms with Crippen LogP contribution in [-0.2, 0) is 32.0 Å². The van der Waals surface area contributed by atoms with Gasteiger partial charge >= 0.3 is 5.97 Å². The van der Waals surface area contributed by atoms with Gasteiger partial charge in [0.25, 0.3) is 0 Å². The largest absolute Gasteiger partial charge is 0.480 e. The molecule has 224 valence electrons. The Bertz CT molecular complexity index is 1140. The van der Waals surface area contributed by atoms with Crippen molar-refractivity contribution in [3.8, 4) is 0 Å². The summed E-state index contributed by atoms with van der Waals surface area (Å²) in [6.07, 6.45) is 5.87. The van der Waals surface area contributed by atoms with Crippen LogP contribution in [0.5, 0.6) is 0 Å². The van der Waals surface area contributed by atoms with E-state index in [1.54, 1.807) is 30.5 Å². The molecule has 0 aliphatic rings. The van der Waals surface area contributed by atoms with E-state index in [-0.39, 0.29) is 38.2 Å². The summed E-state index contributed by atoms with van der Waals surface area (Å²) < 4.78 is 0. The van der Waals surface area contributed by atoms with Gasteiger partial charge in [-0.15, -0.1) is 0 Å². The lowest BCUT2D eigenvalue weighted by Crippen LogP contribution is -2.58. The van der Waals surface area contributed by atoms with Gasteiger partial charge in [-0.3, -0.25) is 19.4 Å². The minimum atomic E-state index is -1.23. The first-order valence-corrected chi connectivity index (χ1v) is 14.4. The molecule has 0 radical (unpaired) electrons. The molecule has 4 unspecified atom stereocenters. The first kappa shape index (κ1) is 33.1. The fraction of sp³-hybridized carbons (Fsp3) is 0.462. The molecule has 3 amide bonds. The molecule has 11 N–H and O–H groups in total. The van der Waals surface area contributed by atoms with E-state index in [2.05, 4.69) is 30.9 Å². The van der Waals surface area contributed by atoms with Gasteiger partial charge < -0.3 is 43.2 Å². The van der Waals surface area contributed by atoms with Gasteiger partial charge in [-0.1, -0.05) is 30.3 Å². The summed E-state index contributed by atoms with van der Waals surface area (Å²) in [4.78, 5) is 62.0. The second-order valence-corrected chi connectivity index (χ2v) is 10.3. The normalized spacial score (nSPS) is 13.7. The summed E-state index contributed by atoms with van der Waals surface area (Å²) in [5.74, 6) is -2.59. The number of imidazole rings is 1. The number of benzene rings is 1. The van der Waals surface area contributed by atoms with Crippen molar-refractivity contribution in [2.45, 2.75) is 56.3 Å². The molecule has 1 aromatic carbocycles. The minimum Gasteiger partial charge on any atom is -0.480 e. The van der Waals surface area contributed by atoms with Crippen LogP contribution in [0.2, 0.25) is 0 Å². The fourth-order valence-electron chi connectivity index (χ4n) is 3.87. The van der Waals surface area contributed by atoms with Crippen LogP contribution >= 0.6 is 11.8 Å². The molecule has 0 saturated heterocycles. The number of nitrogens with zero attached hydrogens (tertiary/aromatic N) is 2. The van der Waals surface area contributed by atoms with Crippen LogP contribution in [0, 0.1) is 0 Å². The maximum atomic E-state index is 13.4. The van der Waals surface area contributed by atoms with E-state index in [4.69, 9.17) is 17.2 Å². The Kier molecular flexibility index (Phi) is 14.2. The van der Waals surface area contributed by atoms with Crippen LogP contribution < -0.4 is 33.2 Å².